The lowest BCUT2D eigenvalue weighted by atomic mass is 9.85. The number of primary sulfonamides is 1. The van der Waals surface area contributed by atoms with Gasteiger partial charge in [-0.25, -0.2) is 13.6 Å². The third kappa shape index (κ3) is 5.13. The summed E-state index contributed by atoms with van der Waals surface area (Å²) in [7, 11) is -3.50. The molecule has 0 fully saturated rings. The van der Waals surface area contributed by atoms with Crippen molar-refractivity contribution in [3.63, 3.8) is 0 Å². The van der Waals surface area contributed by atoms with Crippen LogP contribution in [0.15, 0.2) is 24.3 Å². The second-order valence-electron chi connectivity index (χ2n) is 5.30. The van der Waals surface area contributed by atoms with Gasteiger partial charge in [0.2, 0.25) is 10.0 Å². The molecule has 1 aromatic rings. The van der Waals surface area contributed by atoms with Crippen molar-refractivity contribution in [2.24, 2.45) is 10.6 Å². The molecule has 0 radical (unpaired) electrons. The highest BCUT2D eigenvalue weighted by Gasteiger charge is 2.32. The summed E-state index contributed by atoms with van der Waals surface area (Å²) in [6.07, 6.45) is 2.42. The maximum Gasteiger partial charge on any atom is 0.209 e. The Balaban J connectivity index is 2.75. The maximum absolute atomic E-state index is 11.4. The Morgan fingerprint density at radius 3 is 2.05 bits per heavy atom. The minimum absolute atomic E-state index is 0.0416. The van der Waals surface area contributed by atoms with E-state index in [9.17, 15) is 8.42 Å². The van der Waals surface area contributed by atoms with Crippen LogP contribution in [0.25, 0.3) is 0 Å². The van der Waals surface area contributed by atoms with E-state index < -0.39 is 15.4 Å². The minimum atomic E-state index is -3.50. The van der Waals surface area contributed by atoms with E-state index in [1.807, 2.05) is 38.1 Å². The Morgan fingerprint density at radius 2 is 1.65 bits per heavy atom. The normalized spacial score (nSPS) is 12.4. The molecule has 0 aliphatic rings. The molecule has 0 heterocycles. The summed E-state index contributed by atoms with van der Waals surface area (Å²) in [5.74, 6) is 0.725. The Labute approximate surface area is 122 Å². The molecule has 5 heteroatoms. The van der Waals surface area contributed by atoms with Gasteiger partial charge in [0.25, 0.3) is 0 Å². The largest absolute Gasteiger partial charge is 0.493 e. The van der Waals surface area contributed by atoms with Crippen LogP contribution in [0.2, 0.25) is 0 Å². The lowest BCUT2D eigenvalue weighted by molar-refractivity contribution is 0.154. The average molecular weight is 299 g/mol. The molecule has 4 nitrogen and oxygen atoms in total. The van der Waals surface area contributed by atoms with Crippen molar-refractivity contribution in [2.45, 2.75) is 40.0 Å². The van der Waals surface area contributed by atoms with Crippen LogP contribution in [0.3, 0.4) is 0 Å². The zero-order valence-corrected chi connectivity index (χ0v) is 13.4. The van der Waals surface area contributed by atoms with Crippen LogP contribution in [-0.2, 0) is 16.4 Å². The predicted octanol–water partition coefficient (Wildman–Crippen LogP) is 2.72. The van der Waals surface area contributed by atoms with Crippen molar-refractivity contribution in [1.82, 2.24) is 0 Å². The molecule has 114 valence electrons. The standard InChI is InChI=1S/C15H25NO3S/c1-4-13-7-9-14(10-8-13)19-11-15(5-2,6-3)12-20(16,17)18/h7-10H,4-6,11-12H2,1-3H3,(H2,16,17,18). The molecule has 1 rings (SSSR count). The molecule has 0 aliphatic carbocycles. The van der Waals surface area contributed by atoms with Crippen LogP contribution in [0.4, 0.5) is 0 Å². The number of hydrogen-bond acceptors (Lipinski definition) is 3. The number of benzene rings is 1. The van der Waals surface area contributed by atoms with Gasteiger partial charge in [-0.3, -0.25) is 0 Å². The molecule has 0 spiro atoms. The first-order chi connectivity index (χ1) is 9.34. The third-order valence-electron chi connectivity index (χ3n) is 3.88. The fourth-order valence-corrected chi connectivity index (χ4v) is 3.53. The maximum atomic E-state index is 11.4. The van der Waals surface area contributed by atoms with Crippen molar-refractivity contribution in [3.05, 3.63) is 29.8 Å². The molecule has 0 atom stereocenters. The highest BCUT2D eigenvalue weighted by atomic mass is 32.2. The van der Waals surface area contributed by atoms with Crippen LogP contribution >= 0.6 is 0 Å². The Hall–Kier alpha value is -1.07. The minimum Gasteiger partial charge on any atom is -0.493 e. The van der Waals surface area contributed by atoms with Crippen molar-refractivity contribution in [3.8, 4) is 5.75 Å². The lowest BCUT2D eigenvalue weighted by Crippen LogP contribution is -2.37. The van der Waals surface area contributed by atoms with Gasteiger partial charge in [-0.15, -0.1) is 0 Å². The smallest absolute Gasteiger partial charge is 0.209 e. The number of nitrogens with two attached hydrogens (primary N) is 1. The monoisotopic (exact) mass is 299 g/mol. The predicted molar refractivity (Wildman–Crippen MR) is 82.3 cm³/mol. The van der Waals surface area contributed by atoms with Gasteiger partial charge in [-0.05, 0) is 37.0 Å². The highest BCUT2D eigenvalue weighted by molar-refractivity contribution is 7.89. The number of rotatable bonds is 8. The number of ether oxygens (including phenoxy) is 1. The molecule has 0 amide bonds. The molecule has 20 heavy (non-hydrogen) atoms. The first-order valence-electron chi connectivity index (χ1n) is 7.06. The lowest BCUT2D eigenvalue weighted by Gasteiger charge is -2.30. The van der Waals surface area contributed by atoms with Gasteiger partial charge in [0.15, 0.2) is 0 Å². The summed E-state index contributed by atoms with van der Waals surface area (Å²) < 4.78 is 28.5. The highest BCUT2D eigenvalue weighted by Crippen LogP contribution is 2.29. The quantitative estimate of drug-likeness (QED) is 0.802. The molecule has 0 aromatic heterocycles. The van der Waals surface area contributed by atoms with Crippen molar-refractivity contribution < 1.29 is 13.2 Å². The van der Waals surface area contributed by atoms with Gasteiger partial charge < -0.3 is 4.74 Å². The summed E-state index contributed by atoms with van der Waals surface area (Å²) in [4.78, 5) is 0. The van der Waals surface area contributed by atoms with Crippen LogP contribution in [0, 0.1) is 5.41 Å². The van der Waals surface area contributed by atoms with E-state index in [-0.39, 0.29) is 5.75 Å². The van der Waals surface area contributed by atoms with Gasteiger partial charge in [-0.1, -0.05) is 32.9 Å². The fourth-order valence-electron chi connectivity index (χ4n) is 2.18. The molecule has 0 bridgehead atoms. The van der Waals surface area contributed by atoms with Crippen molar-refractivity contribution >= 4 is 10.0 Å². The molecule has 2 N–H and O–H groups in total. The molecule has 0 unspecified atom stereocenters. The first-order valence-corrected chi connectivity index (χ1v) is 8.78. The van der Waals surface area contributed by atoms with Crippen LogP contribution < -0.4 is 9.88 Å². The average Bonchev–Trinajstić information content (AvgIpc) is 2.43. The van der Waals surface area contributed by atoms with Crippen LogP contribution in [0.1, 0.15) is 39.2 Å². The second kappa shape index (κ2) is 7.09. The number of aryl methyl sites for hydroxylation is 1. The molecule has 1 aromatic carbocycles. The zero-order chi connectivity index (χ0) is 15.2. The summed E-state index contributed by atoms with van der Waals surface area (Å²) in [6.45, 7) is 6.40. The Morgan fingerprint density at radius 1 is 1.10 bits per heavy atom. The summed E-state index contributed by atoms with van der Waals surface area (Å²) in [6, 6.07) is 7.89. The van der Waals surface area contributed by atoms with Crippen LogP contribution in [-0.4, -0.2) is 20.8 Å². The van der Waals surface area contributed by atoms with Gasteiger partial charge in [0, 0.05) is 5.41 Å². The van der Waals surface area contributed by atoms with E-state index in [1.165, 1.54) is 5.56 Å². The summed E-state index contributed by atoms with van der Waals surface area (Å²) in [5.41, 5.74) is 0.830. The molecule has 0 saturated heterocycles. The van der Waals surface area contributed by atoms with Gasteiger partial charge in [-0.2, -0.15) is 0 Å². The van der Waals surface area contributed by atoms with Crippen molar-refractivity contribution in [2.75, 3.05) is 12.4 Å². The fraction of sp³-hybridized carbons (Fsp3) is 0.600. The third-order valence-corrected chi connectivity index (χ3v) is 4.90. The molecular weight excluding hydrogens is 274 g/mol. The van der Waals surface area contributed by atoms with Gasteiger partial charge >= 0.3 is 0 Å². The van der Waals surface area contributed by atoms with Gasteiger partial charge in [0.05, 0.1) is 12.4 Å². The summed E-state index contributed by atoms with van der Waals surface area (Å²) >= 11 is 0. The number of hydrogen-bond donors (Lipinski definition) is 1. The summed E-state index contributed by atoms with van der Waals surface area (Å²) in [5, 5.41) is 5.20. The first kappa shape index (κ1) is 17.0. The van der Waals surface area contributed by atoms with E-state index in [1.54, 1.807) is 0 Å². The van der Waals surface area contributed by atoms with E-state index >= 15 is 0 Å². The Bertz CT molecular complexity index is 504. The van der Waals surface area contributed by atoms with Gasteiger partial charge in [0.1, 0.15) is 5.75 Å². The topological polar surface area (TPSA) is 69.4 Å². The molecular formula is C15H25NO3S. The molecule has 0 aliphatic heterocycles. The van der Waals surface area contributed by atoms with E-state index in [4.69, 9.17) is 9.88 Å². The second-order valence-corrected chi connectivity index (χ2v) is 6.91. The van der Waals surface area contributed by atoms with E-state index in [0.717, 1.165) is 12.2 Å². The molecule has 0 saturated carbocycles. The van der Waals surface area contributed by atoms with E-state index in [0.29, 0.717) is 19.4 Å². The SMILES string of the molecule is CCc1ccc(OCC(CC)(CC)CS(N)(=O)=O)cc1. The van der Waals surface area contributed by atoms with E-state index in [2.05, 4.69) is 6.92 Å². The van der Waals surface area contributed by atoms with Crippen molar-refractivity contribution in [1.29, 1.82) is 0 Å². The number of sulfonamides is 1. The van der Waals surface area contributed by atoms with Crippen LogP contribution in [0.5, 0.6) is 5.75 Å². The zero-order valence-electron chi connectivity index (χ0n) is 12.6. The Kier molecular flexibility index (Phi) is 6.02.